The number of hydrogen-bond acceptors (Lipinski definition) is 4. The van der Waals surface area contributed by atoms with E-state index in [-0.39, 0.29) is 17.5 Å². The molecule has 0 unspecified atom stereocenters. The average Bonchev–Trinajstić information content (AvgIpc) is 2.66. The molecule has 1 atom stereocenters. The normalized spacial score (nSPS) is 18.5. The molecule has 0 saturated carbocycles. The van der Waals surface area contributed by atoms with Crippen molar-refractivity contribution in [2.24, 2.45) is 0 Å². The molecule has 1 aromatic heterocycles. The minimum Gasteiger partial charge on any atom is -0.334 e. The van der Waals surface area contributed by atoms with Crippen molar-refractivity contribution in [2.45, 2.75) is 52.1 Å². The summed E-state index contributed by atoms with van der Waals surface area (Å²) in [5.41, 5.74) is 4.48. The highest BCUT2D eigenvalue weighted by Crippen LogP contribution is 2.25. The van der Waals surface area contributed by atoms with Gasteiger partial charge in [0.2, 0.25) is 0 Å². The maximum absolute atomic E-state index is 13.4. The van der Waals surface area contributed by atoms with Gasteiger partial charge in [0, 0.05) is 31.5 Å². The summed E-state index contributed by atoms with van der Waals surface area (Å²) >= 11 is 0. The van der Waals surface area contributed by atoms with Crippen molar-refractivity contribution in [3.63, 3.8) is 0 Å². The lowest BCUT2D eigenvalue weighted by Crippen LogP contribution is -2.44. The van der Waals surface area contributed by atoms with E-state index in [0.717, 1.165) is 48.5 Å². The Hall–Kier alpha value is -2.47. The Morgan fingerprint density at radius 2 is 1.90 bits per heavy atom. The number of fused-ring (bicyclic) bond motifs is 2. The Morgan fingerprint density at radius 1 is 1.17 bits per heavy atom. The topological polar surface area (TPSA) is 58.4 Å². The number of aromatic nitrogens is 2. The predicted molar refractivity (Wildman–Crippen MR) is 113 cm³/mol. The molecule has 6 heteroatoms. The van der Waals surface area contributed by atoms with Crippen LogP contribution in [-0.2, 0) is 19.4 Å². The first-order valence-electron chi connectivity index (χ1n) is 10.5. The quantitative estimate of drug-likeness (QED) is 0.803. The van der Waals surface area contributed by atoms with E-state index in [1.807, 2.05) is 44.6 Å². The molecule has 0 radical (unpaired) electrons. The van der Waals surface area contributed by atoms with Crippen molar-refractivity contribution in [1.29, 1.82) is 0 Å². The zero-order chi connectivity index (χ0) is 20.7. The maximum atomic E-state index is 13.4. The van der Waals surface area contributed by atoms with Crippen LogP contribution in [-0.4, -0.2) is 52.4 Å². The molecule has 1 amide bonds. The number of benzene rings is 1. The van der Waals surface area contributed by atoms with Gasteiger partial charge >= 0.3 is 0 Å². The Kier molecular flexibility index (Phi) is 5.30. The Morgan fingerprint density at radius 3 is 2.59 bits per heavy atom. The first-order valence-corrected chi connectivity index (χ1v) is 10.5. The first kappa shape index (κ1) is 19.8. The molecular formula is C23H30N4O2. The first-order chi connectivity index (χ1) is 13.8. The van der Waals surface area contributed by atoms with Crippen LogP contribution in [0.5, 0.6) is 0 Å². The van der Waals surface area contributed by atoms with Gasteiger partial charge in [-0.3, -0.25) is 14.2 Å². The fourth-order valence-electron chi connectivity index (χ4n) is 4.77. The van der Waals surface area contributed by atoms with Crippen molar-refractivity contribution < 1.29 is 4.79 Å². The van der Waals surface area contributed by atoms with Crippen LogP contribution in [0.1, 0.15) is 57.5 Å². The summed E-state index contributed by atoms with van der Waals surface area (Å²) in [5.74, 6) is 0.912. The minimum absolute atomic E-state index is 0.00517. The number of rotatable bonds is 3. The lowest BCUT2D eigenvalue weighted by molar-refractivity contribution is 0.0731. The molecule has 0 bridgehead atoms. The Balaban J connectivity index is 1.67. The molecule has 0 saturated heterocycles. The smallest absolute Gasteiger partial charge is 0.259 e. The van der Waals surface area contributed by atoms with Gasteiger partial charge in [-0.25, -0.2) is 4.98 Å². The number of hydrogen-bond donors (Lipinski definition) is 0. The summed E-state index contributed by atoms with van der Waals surface area (Å²) < 4.78 is 1.91. The van der Waals surface area contributed by atoms with Gasteiger partial charge in [0.1, 0.15) is 5.82 Å². The van der Waals surface area contributed by atoms with E-state index in [9.17, 15) is 9.59 Å². The van der Waals surface area contributed by atoms with E-state index in [1.165, 1.54) is 0 Å². The summed E-state index contributed by atoms with van der Waals surface area (Å²) in [7, 11) is 4.07. The fourth-order valence-corrected chi connectivity index (χ4v) is 4.77. The molecule has 1 aromatic carbocycles. The van der Waals surface area contributed by atoms with Gasteiger partial charge in [0.15, 0.2) is 0 Å². The molecule has 0 N–H and O–H groups in total. The highest BCUT2D eigenvalue weighted by molar-refractivity contribution is 5.94. The van der Waals surface area contributed by atoms with E-state index in [1.54, 1.807) is 4.90 Å². The zero-order valence-electron chi connectivity index (χ0n) is 17.9. The third kappa shape index (κ3) is 3.86. The number of aryl methyl sites for hydroxylation is 3. The van der Waals surface area contributed by atoms with Gasteiger partial charge < -0.3 is 9.80 Å². The van der Waals surface area contributed by atoms with Crippen LogP contribution < -0.4 is 5.56 Å². The molecule has 29 heavy (non-hydrogen) atoms. The van der Waals surface area contributed by atoms with E-state index in [0.29, 0.717) is 30.6 Å². The SMILES string of the molecule is Cc1cc(C)cc(C(=O)N2CCc3nc4n(c(=O)c3C2)[C@H](CN(C)C)CCC4)c1. The molecule has 2 aromatic rings. The van der Waals surface area contributed by atoms with Gasteiger partial charge in [-0.2, -0.15) is 0 Å². The van der Waals surface area contributed by atoms with Crippen LogP contribution >= 0.6 is 0 Å². The summed E-state index contributed by atoms with van der Waals surface area (Å²) in [5, 5.41) is 0. The average molecular weight is 395 g/mol. The molecule has 0 fully saturated rings. The standard InChI is InChI=1S/C23H30N4O2/c1-15-10-16(2)12-17(11-15)22(28)26-9-8-20-19(14-26)23(29)27-18(13-25(3)4)6-5-7-21(27)24-20/h10-12,18H,5-9,13-14H2,1-4H3/t18-/m0/s1. The summed E-state index contributed by atoms with van der Waals surface area (Å²) in [4.78, 5) is 35.3. The molecule has 3 heterocycles. The minimum atomic E-state index is -0.00517. The molecule has 6 nitrogen and oxygen atoms in total. The monoisotopic (exact) mass is 394 g/mol. The van der Waals surface area contributed by atoms with E-state index in [2.05, 4.69) is 11.0 Å². The van der Waals surface area contributed by atoms with Gasteiger partial charge in [-0.05, 0) is 52.9 Å². The number of carbonyl (C=O) groups is 1. The summed E-state index contributed by atoms with van der Waals surface area (Å²) in [6, 6.07) is 6.08. The number of likely N-dealkylation sites (N-methyl/N-ethyl adjacent to an activating group) is 1. The van der Waals surface area contributed by atoms with E-state index in [4.69, 9.17) is 4.98 Å². The van der Waals surface area contributed by atoms with Crippen LogP contribution in [0.15, 0.2) is 23.0 Å². The van der Waals surface area contributed by atoms with Crippen molar-refractivity contribution in [3.8, 4) is 0 Å². The van der Waals surface area contributed by atoms with Gasteiger partial charge in [0.25, 0.3) is 11.5 Å². The van der Waals surface area contributed by atoms with Gasteiger partial charge in [0.05, 0.1) is 23.8 Å². The van der Waals surface area contributed by atoms with Crippen molar-refractivity contribution in [2.75, 3.05) is 27.2 Å². The van der Waals surface area contributed by atoms with Crippen molar-refractivity contribution in [1.82, 2.24) is 19.4 Å². The third-order valence-electron chi connectivity index (χ3n) is 5.97. The Bertz CT molecular complexity index is 988. The van der Waals surface area contributed by atoms with Gasteiger partial charge in [-0.1, -0.05) is 17.2 Å². The molecule has 2 aliphatic rings. The zero-order valence-corrected chi connectivity index (χ0v) is 17.9. The summed E-state index contributed by atoms with van der Waals surface area (Å²) in [6.45, 7) is 5.79. The molecule has 0 aliphatic carbocycles. The summed E-state index contributed by atoms with van der Waals surface area (Å²) in [6.07, 6.45) is 3.57. The lowest BCUT2D eigenvalue weighted by Gasteiger charge is -2.33. The second kappa shape index (κ2) is 7.75. The lowest BCUT2D eigenvalue weighted by atomic mass is 9.99. The largest absolute Gasteiger partial charge is 0.334 e. The fraction of sp³-hybridized carbons (Fsp3) is 0.522. The molecule has 2 aliphatic heterocycles. The van der Waals surface area contributed by atoms with Crippen LogP contribution in [0.3, 0.4) is 0 Å². The molecular weight excluding hydrogens is 364 g/mol. The van der Waals surface area contributed by atoms with Crippen LogP contribution in [0.25, 0.3) is 0 Å². The molecule has 154 valence electrons. The second-order valence-corrected chi connectivity index (χ2v) is 8.79. The molecule has 4 rings (SSSR count). The van der Waals surface area contributed by atoms with Crippen molar-refractivity contribution >= 4 is 5.91 Å². The second-order valence-electron chi connectivity index (χ2n) is 8.79. The highest BCUT2D eigenvalue weighted by atomic mass is 16.2. The highest BCUT2D eigenvalue weighted by Gasteiger charge is 2.30. The number of carbonyl (C=O) groups excluding carboxylic acids is 1. The van der Waals surface area contributed by atoms with E-state index < -0.39 is 0 Å². The maximum Gasteiger partial charge on any atom is 0.259 e. The van der Waals surface area contributed by atoms with Gasteiger partial charge in [-0.15, -0.1) is 0 Å². The van der Waals surface area contributed by atoms with Crippen molar-refractivity contribution in [3.05, 3.63) is 62.3 Å². The molecule has 0 spiro atoms. The Labute approximate surface area is 172 Å². The predicted octanol–water partition coefficient (Wildman–Crippen LogP) is 2.50. The van der Waals surface area contributed by atoms with Crippen LogP contribution in [0.4, 0.5) is 0 Å². The number of nitrogens with zero attached hydrogens (tertiary/aromatic N) is 4. The number of amides is 1. The van der Waals surface area contributed by atoms with E-state index >= 15 is 0 Å². The van der Waals surface area contributed by atoms with Crippen LogP contribution in [0.2, 0.25) is 0 Å². The third-order valence-corrected chi connectivity index (χ3v) is 5.97. The van der Waals surface area contributed by atoms with Crippen LogP contribution in [0, 0.1) is 13.8 Å².